The van der Waals surface area contributed by atoms with E-state index in [4.69, 9.17) is 0 Å². The lowest BCUT2D eigenvalue weighted by Crippen LogP contribution is -2.35. The summed E-state index contributed by atoms with van der Waals surface area (Å²) in [5, 5.41) is 1.09. The van der Waals surface area contributed by atoms with Gasteiger partial charge in [0.1, 0.15) is 11.5 Å². The molecule has 0 aliphatic carbocycles. The second-order valence-electron chi connectivity index (χ2n) is 7.50. The number of amidine groups is 1. The number of amides is 1. The quantitative estimate of drug-likeness (QED) is 0.656. The van der Waals surface area contributed by atoms with E-state index in [1.54, 1.807) is 30.5 Å². The van der Waals surface area contributed by atoms with Crippen molar-refractivity contribution >= 4 is 38.4 Å². The van der Waals surface area contributed by atoms with Gasteiger partial charge in [-0.2, -0.15) is 0 Å². The highest BCUT2D eigenvalue weighted by atomic mass is 32.2. The van der Waals surface area contributed by atoms with Crippen LogP contribution in [0.25, 0.3) is 16.6 Å². The number of nitrogens with one attached hydrogen (secondary N) is 2. The lowest BCUT2D eigenvalue weighted by atomic mass is 9.99. The summed E-state index contributed by atoms with van der Waals surface area (Å²) >= 11 is 0. The van der Waals surface area contributed by atoms with Gasteiger partial charge in [-0.15, -0.1) is 0 Å². The Morgan fingerprint density at radius 2 is 2.03 bits per heavy atom. The number of hydrogen-bond donors (Lipinski definition) is 2. The Hall–Kier alpha value is -3.46. The van der Waals surface area contributed by atoms with Crippen LogP contribution in [0.3, 0.4) is 0 Å². The molecule has 3 aromatic rings. The monoisotopic (exact) mass is 435 g/mol. The van der Waals surface area contributed by atoms with Gasteiger partial charge in [-0.1, -0.05) is 18.2 Å². The molecule has 1 amide bonds. The fourth-order valence-corrected chi connectivity index (χ4v) is 5.29. The number of nitrogens with zero attached hydrogens (tertiary/aromatic N) is 3. The van der Waals surface area contributed by atoms with Gasteiger partial charge in [-0.25, -0.2) is 13.4 Å². The van der Waals surface area contributed by atoms with Crippen molar-refractivity contribution in [2.45, 2.75) is 17.7 Å². The first-order valence-electron chi connectivity index (χ1n) is 10.1. The molecule has 31 heavy (non-hydrogen) atoms. The smallest absolute Gasteiger partial charge is 0.263 e. The minimum atomic E-state index is -3.56. The summed E-state index contributed by atoms with van der Waals surface area (Å²) in [5.41, 5.74) is 3.75. The molecule has 2 aromatic heterocycles. The molecule has 8 nitrogen and oxygen atoms in total. The van der Waals surface area contributed by atoms with Gasteiger partial charge in [-0.3, -0.25) is 14.5 Å². The Bertz CT molecular complexity index is 1340. The minimum Gasteiger partial charge on any atom is -0.346 e. The molecular formula is C22H21N5O3S. The van der Waals surface area contributed by atoms with E-state index in [2.05, 4.69) is 25.8 Å². The van der Waals surface area contributed by atoms with Crippen LogP contribution in [0, 0.1) is 0 Å². The fraction of sp³-hybridized carbons (Fsp3) is 0.227. The van der Waals surface area contributed by atoms with Gasteiger partial charge < -0.3 is 9.88 Å². The van der Waals surface area contributed by atoms with Gasteiger partial charge in [0.2, 0.25) is 5.91 Å². The van der Waals surface area contributed by atoms with Crippen molar-refractivity contribution in [1.29, 1.82) is 0 Å². The van der Waals surface area contributed by atoms with Crippen LogP contribution in [0.1, 0.15) is 24.0 Å². The molecule has 9 heteroatoms. The third-order valence-electron chi connectivity index (χ3n) is 5.62. The Morgan fingerprint density at radius 3 is 2.87 bits per heavy atom. The average molecular weight is 436 g/mol. The van der Waals surface area contributed by atoms with Crippen LogP contribution >= 0.6 is 0 Å². The van der Waals surface area contributed by atoms with Crippen molar-refractivity contribution in [2.75, 3.05) is 19.6 Å². The number of H-pyrrole nitrogens is 1. The second kappa shape index (κ2) is 7.66. The summed E-state index contributed by atoms with van der Waals surface area (Å²) in [6, 6.07) is 10.7. The van der Waals surface area contributed by atoms with Crippen LogP contribution in [-0.2, 0) is 14.8 Å². The van der Waals surface area contributed by atoms with Crippen molar-refractivity contribution in [3.8, 4) is 0 Å². The van der Waals surface area contributed by atoms with Gasteiger partial charge >= 0.3 is 0 Å². The van der Waals surface area contributed by atoms with Crippen LogP contribution in [0.15, 0.2) is 64.8 Å². The van der Waals surface area contributed by atoms with E-state index < -0.39 is 10.0 Å². The van der Waals surface area contributed by atoms with E-state index in [1.165, 1.54) is 5.57 Å². The van der Waals surface area contributed by atoms with Gasteiger partial charge in [0, 0.05) is 48.4 Å². The molecule has 0 bridgehead atoms. The lowest BCUT2D eigenvalue weighted by Gasteiger charge is -2.26. The van der Waals surface area contributed by atoms with E-state index in [0.29, 0.717) is 24.5 Å². The predicted molar refractivity (Wildman–Crippen MR) is 118 cm³/mol. The SMILES string of the molecule is O=C(CCN=C1NS(=O)(=O)c2ccccc21)N1CC=C(c2c[nH]c3ncccc23)CC1. The van der Waals surface area contributed by atoms with Crippen LogP contribution in [0.5, 0.6) is 0 Å². The number of sulfonamides is 1. The van der Waals surface area contributed by atoms with Gasteiger partial charge in [0.05, 0.1) is 11.4 Å². The molecule has 0 radical (unpaired) electrons. The molecule has 158 valence electrons. The van der Waals surface area contributed by atoms with Crippen LogP contribution in [0.4, 0.5) is 0 Å². The third kappa shape index (κ3) is 3.61. The maximum absolute atomic E-state index is 12.6. The van der Waals surface area contributed by atoms with Crippen LogP contribution in [0.2, 0.25) is 0 Å². The molecule has 1 aromatic carbocycles. The van der Waals surface area contributed by atoms with E-state index in [0.717, 1.165) is 23.0 Å². The number of aromatic nitrogens is 2. The van der Waals surface area contributed by atoms with E-state index in [1.807, 2.05) is 23.2 Å². The highest BCUT2D eigenvalue weighted by Crippen LogP contribution is 2.28. The normalized spacial score (nSPS) is 18.6. The first-order chi connectivity index (χ1) is 15.0. The maximum Gasteiger partial charge on any atom is 0.263 e. The summed E-state index contributed by atoms with van der Waals surface area (Å²) in [4.78, 5) is 26.5. The van der Waals surface area contributed by atoms with E-state index in [-0.39, 0.29) is 23.8 Å². The first-order valence-corrected chi connectivity index (χ1v) is 11.6. The highest BCUT2D eigenvalue weighted by molar-refractivity contribution is 7.90. The maximum atomic E-state index is 12.6. The molecular weight excluding hydrogens is 414 g/mol. The topological polar surface area (TPSA) is 108 Å². The number of carbonyl (C=O) groups is 1. The zero-order chi connectivity index (χ0) is 21.4. The summed E-state index contributed by atoms with van der Waals surface area (Å²) < 4.78 is 26.7. The van der Waals surface area contributed by atoms with Crippen molar-refractivity contribution < 1.29 is 13.2 Å². The fourth-order valence-electron chi connectivity index (χ4n) is 4.03. The van der Waals surface area contributed by atoms with Crippen molar-refractivity contribution in [1.82, 2.24) is 19.6 Å². The first kappa shape index (κ1) is 19.5. The molecule has 0 saturated heterocycles. The summed E-state index contributed by atoms with van der Waals surface area (Å²) in [6.07, 6.45) is 6.82. The van der Waals surface area contributed by atoms with Gasteiger partial charge in [0.25, 0.3) is 10.0 Å². The zero-order valence-corrected chi connectivity index (χ0v) is 17.5. The number of benzene rings is 1. The Morgan fingerprint density at radius 1 is 1.16 bits per heavy atom. The standard InChI is InChI=1S/C22H21N5O3S/c28-20(7-11-24-22-17-4-1-2-6-19(17)31(29,30)26-22)27-12-8-15(9-13-27)18-14-25-21-16(18)5-3-10-23-21/h1-6,8,10,14H,7,9,11-13H2,(H,23,25)(H,24,26). The zero-order valence-electron chi connectivity index (χ0n) is 16.7. The number of fused-ring (bicyclic) bond motifs is 2. The lowest BCUT2D eigenvalue weighted by molar-refractivity contribution is -0.130. The molecule has 0 spiro atoms. The highest BCUT2D eigenvalue weighted by Gasteiger charge is 2.30. The van der Waals surface area contributed by atoms with Crippen molar-refractivity contribution in [2.24, 2.45) is 4.99 Å². The van der Waals surface area contributed by atoms with Crippen LogP contribution in [-0.4, -0.2) is 54.7 Å². The molecule has 4 heterocycles. The predicted octanol–water partition coefficient (Wildman–Crippen LogP) is 2.31. The van der Waals surface area contributed by atoms with E-state index >= 15 is 0 Å². The number of hydrogen-bond acceptors (Lipinski definition) is 5. The van der Waals surface area contributed by atoms with Crippen molar-refractivity contribution in [3.63, 3.8) is 0 Å². The van der Waals surface area contributed by atoms with E-state index in [9.17, 15) is 13.2 Å². The molecule has 5 rings (SSSR count). The largest absolute Gasteiger partial charge is 0.346 e. The third-order valence-corrected chi connectivity index (χ3v) is 7.01. The minimum absolute atomic E-state index is 0.00869. The second-order valence-corrected chi connectivity index (χ2v) is 9.15. The number of rotatable bonds is 4. The summed E-state index contributed by atoms with van der Waals surface area (Å²) in [6.45, 7) is 1.42. The average Bonchev–Trinajstić information content (AvgIpc) is 3.33. The summed E-state index contributed by atoms with van der Waals surface area (Å²) in [5.74, 6) is 0.312. The van der Waals surface area contributed by atoms with Gasteiger partial charge in [-0.05, 0) is 36.3 Å². The molecule has 2 N–H and O–H groups in total. The molecule has 0 atom stereocenters. The molecule has 0 unspecified atom stereocenters. The van der Waals surface area contributed by atoms with Gasteiger partial charge in [0.15, 0.2) is 0 Å². The summed E-state index contributed by atoms with van der Waals surface area (Å²) in [7, 11) is -3.56. The molecule has 2 aliphatic heterocycles. The number of pyridine rings is 1. The molecule has 0 saturated carbocycles. The Kier molecular flexibility index (Phi) is 4.82. The number of aliphatic imine (C=N–C) groups is 1. The Labute approximate surface area is 179 Å². The number of aromatic amines is 1. The van der Waals surface area contributed by atoms with Crippen LogP contribution < -0.4 is 4.72 Å². The molecule has 0 fully saturated rings. The van der Waals surface area contributed by atoms with Crippen molar-refractivity contribution in [3.05, 3.63) is 66.0 Å². The Balaban J connectivity index is 1.22. The molecule has 2 aliphatic rings. The number of carbonyl (C=O) groups excluding carboxylic acids is 1.